The lowest BCUT2D eigenvalue weighted by Crippen LogP contribution is -2.44. The van der Waals surface area contributed by atoms with Crippen LogP contribution >= 0.6 is 0 Å². The van der Waals surface area contributed by atoms with Crippen molar-refractivity contribution >= 4 is 29.6 Å². The van der Waals surface area contributed by atoms with Crippen LogP contribution in [0.1, 0.15) is 44.7 Å². The quantitative estimate of drug-likeness (QED) is 0.146. The lowest BCUT2D eigenvalue weighted by Gasteiger charge is -2.34. The number of piperidine rings is 1. The molecule has 1 aromatic heterocycles. The van der Waals surface area contributed by atoms with Gasteiger partial charge < -0.3 is 33.6 Å². The molecular weight excluding hydrogens is 608 g/mol. The van der Waals surface area contributed by atoms with Crippen molar-refractivity contribution in [2.45, 2.75) is 58.5 Å². The summed E-state index contributed by atoms with van der Waals surface area (Å²) in [5.74, 6) is 1.37. The molecule has 0 saturated carbocycles. The second kappa shape index (κ2) is 15.6. The first-order valence-electron chi connectivity index (χ1n) is 16.1. The molecule has 10 nitrogen and oxygen atoms in total. The maximum atomic E-state index is 12.6. The van der Waals surface area contributed by atoms with Crippen LogP contribution < -0.4 is 24.0 Å². The summed E-state index contributed by atoms with van der Waals surface area (Å²) in [6.07, 6.45) is 1.57. The van der Waals surface area contributed by atoms with E-state index in [0.29, 0.717) is 68.0 Å². The molecule has 0 spiro atoms. The van der Waals surface area contributed by atoms with Gasteiger partial charge in [0.25, 0.3) is 0 Å². The second-order valence-electron chi connectivity index (χ2n) is 12.7. The Morgan fingerprint density at radius 1 is 0.833 bits per heavy atom. The van der Waals surface area contributed by atoms with Crippen molar-refractivity contribution in [1.29, 1.82) is 0 Å². The van der Waals surface area contributed by atoms with Gasteiger partial charge in [-0.25, -0.2) is 4.79 Å². The van der Waals surface area contributed by atoms with Crippen molar-refractivity contribution < 1.29 is 28.5 Å². The summed E-state index contributed by atoms with van der Waals surface area (Å²) in [6, 6.07) is 29.2. The molecule has 0 atom stereocenters. The summed E-state index contributed by atoms with van der Waals surface area (Å²) < 4.78 is 24.4. The highest BCUT2D eigenvalue weighted by molar-refractivity contribution is 5.90. The Hall–Kier alpha value is -5.25. The van der Waals surface area contributed by atoms with Gasteiger partial charge in [0.1, 0.15) is 42.0 Å². The van der Waals surface area contributed by atoms with Gasteiger partial charge in [-0.2, -0.15) is 4.98 Å². The third-order valence-electron chi connectivity index (χ3n) is 7.86. The van der Waals surface area contributed by atoms with Gasteiger partial charge >= 0.3 is 6.09 Å². The molecule has 1 fully saturated rings. The Balaban J connectivity index is 1.39. The predicted molar refractivity (Wildman–Crippen MR) is 186 cm³/mol. The topological polar surface area (TPSA) is 93.7 Å². The second-order valence-corrected chi connectivity index (χ2v) is 12.7. The van der Waals surface area contributed by atoms with Crippen LogP contribution in [-0.4, -0.2) is 61.3 Å². The molecule has 0 unspecified atom stereocenters. The normalized spacial score (nSPS) is 13.4. The minimum Gasteiger partial charge on any atom is -0.488 e. The van der Waals surface area contributed by atoms with Gasteiger partial charge in [0.2, 0.25) is 18.2 Å². The molecule has 0 bridgehead atoms. The number of rotatable bonds is 12. The van der Waals surface area contributed by atoms with Crippen LogP contribution in [0.25, 0.3) is 0 Å². The molecule has 0 N–H and O–H groups in total. The molecule has 1 aliphatic rings. The number of nitrogens with zero attached hydrogens (tertiary/aromatic N) is 4. The number of aromatic nitrogens is 1. The van der Waals surface area contributed by atoms with Crippen LogP contribution in [0.5, 0.6) is 17.5 Å². The van der Waals surface area contributed by atoms with E-state index >= 15 is 0 Å². The van der Waals surface area contributed by atoms with Crippen LogP contribution in [0.2, 0.25) is 0 Å². The lowest BCUT2D eigenvalue weighted by molar-refractivity contribution is -0.107. The molecule has 2 heterocycles. The van der Waals surface area contributed by atoms with Crippen LogP contribution in [0.4, 0.5) is 21.9 Å². The zero-order valence-corrected chi connectivity index (χ0v) is 28.3. The number of ether oxygens (including phenoxy) is 4. The SMILES string of the molecule is CN(C=O)c1c(OC2CCN(C(=O)OC(C)(C)C)CC2)cccc1N(C)c1ccc(OCc2ccccc2)nc1OCc1ccccc1. The molecule has 0 radical (unpaired) electrons. The van der Waals surface area contributed by atoms with E-state index in [1.54, 1.807) is 11.9 Å². The summed E-state index contributed by atoms with van der Waals surface area (Å²) in [5.41, 5.74) is 3.48. The van der Waals surface area contributed by atoms with E-state index in [1.807, 2.05) is 124 Å². The first-order valence-corrected chi connectivity index (χ1v) is 16.1. The van der Waals surface area contributed by atoms with Gasteiger partial charge in [-0.05, 0) is 50.1 Å². The minimum atomic E-state index is -0.553. The number of hydrogen-bond donors (Lipinski definition) is 0. The fraction of sp³-hybridized carbons (Fsp3) is 0.342. The number of amides is 2. The first-order chi connectivity index (χ1) is 23.1. The van der Waals surface area contributed by atoms with Gasteiger partial charge in [-0.3, -0.25) is 4.79 Å². The average molecular weight is 653 g/mol. The van der Waals surface area contributed by atoms with Gasteiger partial charge in [-0.1, -0.05) is 66.7 Å². The minimum absolute atomic E-state index is 0.143. The summed E-state index contributed by atoms with van der Waals surface area (Å²) in [7, 11) is 3.60. The summed E-state index contributed by atoms with van der Waals surface area (Å²) in [5, 5.41) is 0. The summed E-state index contributed by atoms with van der Waals surface area (Å²) in [6.45, 7) is 7.29. The molecule has 2 amide bonds. The van der Waals surface area contributed by atoms with E-state index in [4.69, 9.17) is 23.9 Å². The molecular formula is C38H44N4O6. The van der Waals surface area contributed by atoms with Crippen molar-refractivity contribution in [2.75, 3.05) is 37.0 Å². The number of hydrogen-bond acceptors (Lipinski definition) is 8. The van der Waals surface area contributed by atoms with E-state index in [9.17, 15) is 9.59 Å². The molecule has 10 heteroatoms. The zero-order chi connectivity index (χ0) is 34.1. The van der Waals surface area contributed by atoms with Crippen LogP contribution in [0, 0.1) is 0 Å². The predicted octanol–water partition coefficient (Wildman–Crippen LogP) is 7.38. The largest absolute Gasteiger partial charge is 0.488 e. The lowest BCUT2D eigenvalue weighted by atomic mass is 10.1. The number of carbonyl (C=O) groups excluding carboxylic acids is 2. The third-order valence-corrected chi connectivity index (χ3v) is 7.86. The number of carbonyl (C=O) groups is 2. The van der Waals surface area contributed by atoms with E-state index in [2.05, 4.69) is 0 Å². The van der Waals surface area contributed by atoms with E-state index in [1.165, 1.54) is 4.90 Å². The van der Waals surface area contributed by atoms with E-state index < -0.39 is 5.60 Å². The molecule has 3 aromatic carbocycles. The smallest absolute Gasteiger partial charge is 0.410 e. The van der Waals surface area contributed by atoms with E-state index in [0.717, 1.165) is 23.2 Å². The Morgan fingerprint density at radius 2 is 1.46 bits per heavy atom. The highest BCUT2D eigenvalue weighted by Gasteiger charge is 2.29. The Morgan fingerprint density at radius 3 is 2.06 bits per heavy atom. The van der Waals surface area contributed by atoms with Crippen molar-refractivity contribution in [2.24, 2.45) is 0 Å². The fourth-order valence-corrected chi connectivity index (χ4v) is 5.39. The van der Waals surface area contributed by atoms with Crippen LogP contribution in [0.3, 0.4) is 0 Å². The van der Waals surface area contributed by atoms with Gasteiger partial charge in [0, 0.05) is 46.1 Å². The molecule has 252 valence electrons. The molecule has 1 saturated heterocycles. The standard InChI is InChI=1S/C38H44N4O6/c1-38(2,3)48-37(44)42-23-21-30(22-24-42)47-33-18-12-17-31(35(33)40(4)27-43)41(5)32-19-20-34(45-25-28-13-8-6-9-14-28)39-36(32)46-26-29-15-10-7-11-16-29/h6-20,27,30H,21-26H2,1-5H3. The monoisotopic (exact) mass is 652 g/mol. The molecule has 1 aliphatic heterocycles. The van der Waals surface area contributed by atoms with E-state index in [-0.39, 0.29) is 12.2 Å². The third kappa shape index (κ3) is 8.96. The summed E-state index contributed by atoms with van der Waals surface area (Å²) >= 11 is 0. The fourth-order valence-electron chi connectivity index (χ4n) is 5.39. The molecule has 0 aliphatic carbocycles. The zero-order valence-electron chi connectivity index (χ0n) is 28.3. The number of para-hydroxylation sites is 1. The average Bonchev–Trinajstić information content (AvgIpc) is 3.09. The first kappa shape index (κ1) is 34.1. The maximum absolute atomic E-state index is 12.6. The number of pyridine rings is 1. The van der Waals surface area contributed by atoms with Crippen molar-refractivity contribution in [3.63, 3.8) is 0 Å². The van der Waals surface area contributed by atoms with Gasteiger partial charge in [0.15, 0.2) is 0 Å². The number of benzene rings is 3. The van der Waals surface area contributed by atoms with Gasteiger partial charge in [-0.15, -0.1) is 0 Å². The van der Waals surface area contributed by atoms with Gasteiger partial charge in [0.05, 0.1) is 5.69 Å². The summed E-state index contributed by atoms with van der Waals surface area (Å²) in [4.78, 5) is 34.7. The molecule has 4 aromatic rings. The Labute approximate surface area is 282 Å². The molecule has 48 heavy (non-hydrogen) atoms. The maximum Gasteiger partial charge on any atom is 0.410 e. The van der Waals surface area contributed by atoms with Crippen LogP contribution in [0.15, 0.2) is 91.0 Å². The number of likely N-dealkylation sites (tertiary alicyclic amines) is 1. The van der Waals surface area contributed by atoms with Crippen molar-refractivity contribution in [3.8, 4) is 17.5 Å². The highest BCUT2D eigenvalue weighted by Crippen LogP contribution is 2.43. The Kier molecular flexibility index (Phi) is 11.1. The number of anilines is 3. The highest BCUT2D eigenvalue weighted by atomic mass is 16.6. The van der Waals surface area contributed by atoms with Crippen molar-refractivity contribution in [1.82, 2.24) is 9.88 Å². The van der Waals surface area contributed by atoms with Crippen LogP contribution in [-0.2, 0) is 22.7 Å². The van der Waals surface area contributed by atoms with Crippen molar-refractivity contribution in [3.05, 3.63) is 102 Å². The Bertz CT molecular complexity index is 1650. The molecule has 5 rings (SSSR count).